The number of nitrogens with one attached hydrogen (secondary N) is 3. The Labute approximate surface area is 124 Å². The lowest BCUT2D eigenvalue weighted by molar-refractivity contribution is 0.0942. The van der Waals surface area contributed by atoms with Crippen LogP contribution in [0.2, 0.25) is 0 Å². The summed E-state index contributed by atoms with van der Waals surface area (Å²) in [6.07, 6.45) is 4.44. The molecule has 0 saturated carbocycles. The van der Waals surface area contributed by atoms with Crippen molar-refractivity contribution >= 4 is 33.8 Å². The predicted molar refractivity (Wildman–Crippen MR) is 81.0 cm³/mol. The highest BCUT2D eigenvalue weighted by Gasteiger charge is 2.22. The number of thiazole rings is 1. The number of aryl methyl sites for hydroxylation is 2. The number of hydrogen-bond acceptors (Lipinski definition) is 5. The standard InChI is InChI=1S/C13H14N6OS/c1-7-18-12-11(21-7)9(3-14)10(19(12)2)13(20)16-5-8-4-15-6-17-8/h3-4,6,14H,5H2,1-2H3,(H,15,17)(H,16,20). The molecule has 0 bridgehead atoms. The summed E-state index contributed by atoms with van der Waals surface area (Å²) in [5.74, 6) is -0.228. The zero-order valence-corrected chi connectivity index (χ0v) is 12.4. The second-order valence-corrected chi connectivity index (χ2v) is 5.81. The van der Waals surface area contributed by atoms with Gasteiger partial charge in [-0.05, 0) is 6.92 Å². The van der Waals surface area contributed by atoms with E-state index in [1.54, 1.807) is 24.1 Å². The number of rotatable bonds is 4. The molecule has 3 rings (SSSR count). The minimum atomic E-state index is -0.228. The van der Waals surface area contributed by atoms with Gasteiger partial charge < -0.3 is 20.3 Å². The molecule has 7 nitrogen and oxygen atoms in total. The second kappa shape index (κ2) is 5.13. The van der Waals surface area contributed by atoms with Crippen molar-refractivity contribution < 1.29 is 4.79 Å². The maximum absolute atomic E-state index is 12.4. The lowest BCUT2D eigenvalue weighted by Gasteiger charge is -2.06. The lowest BCUT2D eigenvalue weighted by atomic mass is 10.2. The number of amides is 1. The molecule has 3 N–H and O–H groups in total. The van der Waals surface area contributed by atoms with Gasteiger partial charge >= 0.3 is 0 Å². The highest BCUT2D eigenvalue weighted by Crippen LogP contribution is 2.29. The fourth-order valence-corrected chi connectivity index (χ4v) is 3.23. The van der Waals surface area contributed by atoms with Gasteiger partial charge in [0.05, 0.1) is 28.3 Å². The smallest absolute Gasteiger partial charge is 0.269 e. The van der Waals surface area contributed by atoms with Gasteiger partial charge in [-0.2, -0.15) is 0 Å². The summed E-state index contributed by atoms with van der Waals surface area (Å²) in [6, 6.07) is 0. The molecular formula is C13H14N6OS. The van der Waals surface area contributed by atoms with E-state index in [9.17, 15) is 4.79 Å². The quantitative estimate of drug-likeness (QED) is 0.638. The summed E-state index contributed by atoms with van der Waals surface area (Å²) in [7, 11) is 1.79. The van der Waals surface area contributed by atoms with Gasteiger partial charge in [0.2, 0.25) is 0 Å². The SMILES string of the molecule is Cc1nc2c(s1)c(C=N)c(C(=O)NCc1cnc[nH]1)n2C. The van der Waals surface area contributed by atoms with E-state index >= 15 is 0 Å². The van der Waals surface area contributed by atoms with Crippen LogP contribution in [0.25, 0.3) is 10.3 Å². The highest BCUT2D eigenvalue weighted by molar-refractivity contribution is 7.18. The Balaban J connectivity index is 1.95. The average molecular weight is 302 g/mol. The molecule has 3 aromatic rings. The molecular weight excluding hydrogens is 288 g/mol. The van der Waals surface area contributed by atoms with Gasteiger partial charge in [-0.25, -0.2) is 9.97 Å². The third-order valence-electron chi connectivity index (χ3n) is 3.22. The zero-order valence-electron chi connectivity index (χ0n) is 11.6. The van der Waals surface area contributed by atoms with Crippen molar-refractivity contribution in [3.05, 3.63) is 34.5 Å². The Kier molecular flexibility index (Phi) is 3.30. The number of aromatic nitrogens is 4. The van der Waals surface area contributed by atoms with Crippen LogP contribution >= 0.6 is 11.3 Å². The number of aromatic amines is 1. The van der Waals surface area contributed by atoms with E-state index in [1.807, 2.05) is 6.92 Å². The number of fused-ring (bicyclic) bond motifs is 1. The summed E-state index contributed by atoms with van der Waals surface area (Å²) < 4.78 is 2.61. The van der Waals surface area contributed by atoms with Gasteiger partial charge in [-0.15, -0.1) is 11.3 Å². The second-order valence-electron chi connectivity index (χ2n) is 4.61. The molecule has 3 heterocycles. The number of carbonyl (C=O) groups is 1. The minimum Gasteiger partial charge on any atom is -0.347 e. The number of H-pyrrole nitrogens is 1. The molecule has 8 heteroatoms. The van der Waals surface area contributed by atoms with Gasteiger partial charge in [-0.3, -0.25) is 4.79 Å². The van der Waals surface area contributed by atoms with Crippen LogP contribution < -0.4 is 5.32 Å². The molecule has 0 aliphatic carbocycles. The first-order valence-electron chi connectivity index (χ1n) is 6.33. The first kappa shape index (κ1) is 13.5. The van der Waals surface area contributed by atoms with E-state index in [2.05, 4.69) is 20.3 Å². The Morgan fingerprint density at radius 2 is 2.43 bits per heavy atom. The molecule has 21 heavy (non-hydrogen) atoms. The van der Waals surface area contributed by atoms with Crippen molar-refractivity contribution in [3.8, 4) is 0 Å². The van der Waals surface area contributed by atoms with Crippen LogP contribution in [0.3, 0.4) is 0 Å². The third kappa shape index (κ3) is 2.23. The fraction of sp³-hybridized carbons (Fsp3) is 0.231. The van der Waals surface area contributed by atoms with Crippen molar-refractivity contribution in [2.75, 3.05) is 0 Å². The summed E-state index contributed by atoms with van der Waals surface area (Å²) in [4.78, 5) is 23.6. The van der Waals surface area contributed by atoms with E-state index in [4.69, 9.17) is 5.41 Å². The molecule has 0 spiro atoms. The van der Waals surface area contributed by atoms with Gasteiger partial charge in [0.15, 0.2) is 5.65 Å². The van der Waals surface area contributed by atoms with Crippen LogP contribution in [0, 0.1) is 12.3 Å². The minimum absolute atomic E-state index is 0.228. The molecule has 0 aliphatic heterocycles. The zero-order chi connectivity index (χ0) is 15.0. The van der Waals surface area contributed by atoms with Crippen molar-refractivity contribution in [1.82, 2.24) is 24.8 Å². The molecule has 0 radical (unpaired) electrons. The molecule has 108 valence electrons. The van der Waals surface area contributed by atoms with Crippen molar-refractivity contribution in [1.29, 1.82) is 5.41 Å². The van der Waals surface area contributed by atoms with Gasteiger partial charge in [0.25, 0.3) is 5.91 Å². The Hall–Kier alpha value is -2.48. The van der Waals surface area contributed by atoms with Crippen molar-refractivity contribution in [2.24, 2.45) is 7.05 Å². The first-order chi connectivity index (χ1) is 10.1. The summed E-state index contributed by atoms with van der Waals surface area (Å²) in [5.41, 5.74) is 2.63. The number of nitrogens with zero attached hydrogens (tertiary/aromatic N) is 3. The largest absolute Gasteiger partial charge is 0.347 e. The van der Waals surface area contributed by atoms with Gasteiger partial charge in [0.1, 0.15) is 5.69 Å². The van der Waals surface area contributed by atoms with E-state index in [-0.39, 0.29) is 5.91 Å². The molecule has 1 amide bonds. The van der Waals surface area contributed by atoms with Crippen LogP contribution in [-0.4, -0.2) is 31.6 Å². The van der Waals surface area contributed by atoms with Crippen LogP contribution in [0.5, 0.6) is 0 Å². The molecule has 0 aromatic carbocycles. The molecule has 0 atom stereocenters. The molecule has 0 unspecified atom stereocenters. The maximum atomic E-state index is 12.4. The fourth-order valence-electron chi connectivity index (χ4n) is 2.26. The summed E-state index contributed by atoms with van der Waals surface area (Å²) in [5, 5.41) is 11.3. The highest BCUT2D eigenvalue weighted by atomic mass is 32.1. The Bertz CT molecular complexity index is 814. The molecule has 0 fully saturated rings. The van der Waals surface area contributed by atoms with Crippen molar-refractivity contribution in [2.45, 2.75) is 13.5 Å². The van der Waals surface area contributed by atoms with Crippen molar-refractivity contribution in [3.63, 3.8) is 0 Å². The first-order valence-corrected chi connectivity index (χ1v) is 7.15. The lowest BCUT2D eigenvalue weighted by Crippen LogP contribution is -2.26. The van der Waals surface area contributed by atoms with Crippen LogP contribution in [0.1, 0.15) is 26.8 Å². The van der Waals surface area contributed by atoms with Gasteiger partial charge in [0, 0.05) is 25.0 Å². The van der Waals surface area contributed by atoms with Crippen LogP contribution in [0.4, 0.5) is 0 Å². The summed E-state index contributed by atoms with van der Waals surface area (Å²) in [6.45, 7) is 2.28. The number of hydrogen-bond donors (Lipinski definition) is 3. The Morgan fingerprint density at radius 3 is 3.10 bits per heavy atom. The monoisotopic (exact) mass is 302 g/mol. The predicted octanol–water partition coefficient (Wildman–Crippen LogP) is 1.59. The number of imidazole rings is 1. The van der Waals surface area contributed by atoms with Crippen LogP contribution in [0.15, 0.2) is 12.5 Å². The number of carbonyl (C=O) groups excluding carboxylic acids is 1. The molecule has 0 aliphatic rings. The topological polar surface area (TPSA) is 99.5 Å². The van der Waals surface area contributed by atoms with Gasteiger partial charge in [-0.1, -0.05) is 0 Å². The molecule has 0 saturated heterocycles. The summed E-state index contributed by atoms with van der Waals surface area (Å²) >= 11 is 1.49. The normalized spacial score (nSPS) is 11.0. The van der Waals surface area contributed by atoms with E-state index in [0.29, 0.717) is 17.8 Å². The molecule has 3 aromatic heterocycles. The van der Waals surface area contributed by atoms with Crippen LogP contribution in [-0.2, 0) is 13.6 Å². The van der Waals surface area contributed by atoms with E-state index < -0.39 is 0 Å². The van der Waals surface area contributed by atoms with E-state index in [1.165, 1.54) is 17.6 Å². The maximum Gasteiger partial charge on any atom is 0.269 e. The Morgan fingerprint density at radius 1 is 1.62 bits per heavy atom. The third-order valence-corrected chi connectivity index (χ3v) is 4.22. The van der Waals surface area contributed by atoms with E-state index in [0.717, 1.165) is 21.0 Å². The average Bonchev–Trinajstić information content (AvgIpc) is 3.14.